The third-order valence-electron chi connectivity index (χ3n) is 3.34. The van der Waals surface area contributed by atoms with E-state index in [1.165, 1.54) is 12.1 Å². The largest absolute Gasteiger partial charge is 0.426 e. The van der Waals surface area contributed by atoms with Crippen molar-refractivity contribution >= 4 is 11.6 Å². The summed E-state index contributed by atoms with van der Waals surface area (Å²) in [7, 11) is 0. The Kier molecular flexibility index (Phi) is 3.07. The van der Waals surface area contributed by atoms with Crippen LogP contribution >= 0.6 is 0 Å². The van der Waals surface area contributed by atoms with E-state index < -0.39 is 0 Å². The lowest BCUT2D eigenvalue weighted by molar-refractivity contribution is 0.520. The molecule has 0 bridgehead atoms. The number of hydrogen-bond acceptors (Lipinski definition) is 5. The van der Waals surface area contributed by atoms with Crippen LogP contribution in [-0.2, 0) is 0 Å². The maximum atomic E-state index is 8.96. The molecule has 0 aliphatic carbocycles. The van der Waals surface area contributed by atoms with Gasteiger partial charge in [-0.2, -0.15) is 5.26 Å². The van der Waals surface area contributed by atoms with Crippen LogP contribution in [0.4, 0.5) is 11.6 Å². The molecule has 1 saturated heterocycles. The predicted molar refractivity (Wildman–Crippen MR) is 72.1 cm³/mol. The Hall–Kier alpha value is -2.48. The molecule has 0 radical (unpaired) electrons. The van der Waals surface area contributed by atoms with Gasteiger partial charge in [0.1, 0.15) is 6.07 Å². The molecule has 1 aromatic heterocycles. The summed E-state index contributed by atoms with van der Waals surface area (Å²) in [6, 6.07) is 12.4. The summed E-state index contributed by atoms with van der Waals surface area (Å²) in [4.78, 5) is 8.31. The average molecular weight is 254 g/mol. The zero-order valence-corrected chi connectivity index (χ0v) is 10.5. The number of nitrogens with zero attached hydrogens (tertiary/aromatic N) is 4. The molecule has 0 unspecified atom stereocenters. The highest BCUT2D eigenvalue weighted by atomic mass is 16.4. The second-order valence-electron chi connectivity index (χ2n) is 4.43. The lowest BCUT2D eigenvalue weighted by Gasteiger charge is -2.35. The molecule has 3 rings (SSSR count). The number of para-hydroxylation sites is 1. The Balaban J connectivity index is 1.69. The van der Waals surface area contributed by atoms with E-state index >= 15 is 0 Å². The molecule has 1 aliphatic heterocycles. The molecule has 0 atom stereocenters. The van der Waals surface area contributed by atoms with Crippen molar-refractivity contribution in [2.45, 2.75) is 0 Å². The number of piperazine rings is 1. The third-order valence-corrected chi connectivity index (χ3v) is 3.34. The van der Waals surface area contributed by atoms with Gasteiger partial charge in [0.2, 0.25) is 11.6 Å². The number of oxazole rings is 1. The van der Waals surface area contributed by atoms with Crippen molar-refractivity contribution in [1.29, 1.82) is 5.26 Å². The van der Waals surface area contributed by atoms with Gasteiger partial charge in [0.25, 0.3) is 0 Å². The zero-order chi connectivity index (χ0) is 13.1. The van der Waals surface area contributed by atoms with Gasteiger partial charge in [-0.1, -0.05) is 18.2 Å². The number of anilines is 2. The molecule has 0 N–H and O–H groups in total. The number of aromatic nitrogens is 1. The zero-order valence-electron chi connectivity index (χ0n) is 10.5. The fourth-order valence-corrected chi connectivity index (χ4v) is 2.35. The molecule has 0 saturated carbocycles. The standard InChI is InChI=1S/C14H14N4O/c15-10-13-14(19-11-16-13)18-8-6-17(7-9-18)12-4-2-1-3-5-12/h1-5,11H,6-9H2. The van der Waals surface area contributed by atoms with Crippen LogP contribution in [0.25, 0.3) is 0 Å². The Labute approximate surface area is 111 Å². The molecule has 1 fully saturated rings. The summed E-state index contributed by atoms with van der Waals surface area (Å²) in [6.07, 6.45) is 1.33. The summed E-state index contributed by atoms with van der Waals surface area (Å²) < 4.78 is 5.31. The first-order valence-electron chi connectivity index (χ1n) is 6.27. The fourth-order valence-electron chi connectivity index (χ4n) is 2.35. The Bertz CT molecular complexity index is 579. The lowest BCUT2D eigenvalue weighted by atomic mass is 10.2. The molecule has 5 nitrogen and oxygen atoms in total. The minimum Gasteiger partial charge on any atom is -0.426 e. The van der Waals surface area contributed by atoms with Crippen molar-refractivity contribution in [2.75, 3.05) is 36.0 Å². The normalized spacial score (nSPS) is 15.3. The first kappa shape index (κ1) is 11.6. The first-order valence-corrected chi connectivity index (χ1v) is 6.27. The highest BCUT2D eigenvalue weighted by Gasteiger charge is 2.22. The molecule has 0 amide bonds. The first-order chi connectivity index (χ1) is 9.38. The van der Waals surface area contributed by atoms with E-state index in [9.17, 15) is 0 Å². The molecule has 96 valence electrons. The Morgan fingerprint density at radius 2 is 1.74 bits per heavy atom. The summed E-state index contributed by atoms with van der Waals surface area (Å²) >= 11 is 0. The van der Waals surface area contributed by atoms with Crippen LogP contribution < -0.4 is 9.80 Å². The third kappa shape index (κ3) is 2.25. The second-order valence-corrected chi connectivity index (χ2v) is 4.43. The number of nitriles is 1. The van der Waals surface area contributed by atoms with E-state index in [2.05, 4.69) is 33.0 Å². The van der Waals surface area contributed by atoms with Gasteiger partial charge in [-0.25, -0.2) is 4.98 Å². The topological polar surface area (TPSA) is 56.3 Å². The van der Waals surface area contributed by atoms with E-state index in [-0.39, 0.29) is 0 Å². The van der Waals surface area contributed by atoms with Crippen molar-refractivity contribution in [3.05, 3.63) is 42.4 Å². The molecule has 1 aliphatic rings. The van der Waals surface area contributed by atoms with Crippen LogP contribution in [0.15, 0.2) is 41.1 Å². The summed E-state index contributed by atoms with van der Waals surface area (Å²) in [5.74, 6) is 0.593. The van der Waals surface area contributed by atoms with Gasteiger partial charge >= 0.3 is 0 Å². The second kappa shape index (κ2) is 5.02. The van der Waals surface area contributed by atoms with Gasteiger partial charge < -0.3 is 14.2 Å². The van der Waals surface area contributed by atoms with Crippen LogP contribution in [-0.4, -0.2) is 31.2 Å². The minimum atomic E-state index is 0.369. The molecule has 0 spiro atoms. The van der Waals surface area contributed by atoms with Crippen LogP contribution in [0.1, 0.15) is 5.69 Å². The van der Waals surface area contributed by atoms with Crippen molar-refractivity contribution in [2.24, 2.45) is 0 Å². The minimum absolute atomic E-state index is 0.369. The van der Waals surface area contributed by atoms with E-state index in [0.29, 0.717) is 11.6 Å². The fraction of sp³-hybridized carbons (Fsp3) is 0.286. The molecule has 1 aromatic carbocycles. The van der Waals surface area contributed by atoms with Gasteiger partial charge in [-0.05, 0) is 12.1 Å². The van der Waals surface area contributed by atoms with Crippen molar-refractivity contribution in [3.8, 4) is 6.07 Å². The summed E-state index contributed by atoms with van der Waals surface area (Å²) in [6.45, 7) is 3.49. The molecule has 5 heteroatoms. The van der Waals surface area contributed by atoms with Gasteiger partial charge in [0.05, 0.1) is 0 Å². The summed E-state index contributed by atoms with van der Waals surface area (Å²) in [5.41, 5.74) is 1.60. The maximum absolute atomic E-state index is 8.96. The van der Waals surface area contributed by atoms with Crippen molar-refractivity contribution in [1.82, 2.24) is 4.98 Å². The number of benzene rings is 1. The van der Waals surface area contributed by atoms with Crippen molar-refractivity contribution in [3.63, 3.8) is 0 Å². The van der Waals surface area contributed by atoms with Crippen LogP contribution in [0.2, 0.25) is 0 Å². The Morgan fingerprint density at radius 3 is 2.42 bits per heavy atom. The van der Waals surface area contributed by atoms with Gasteiger partial charge in [0, 0.05) is 31.9 Å². The maximum Gasteiger partial charge on any atom is 0.234 e. The smallest absolute Gasteiger partial charge is 0.234 e. The van der Waals surface area contributed by atoms with E-state index in [0.717, 1.165) is 26.2 Å². The van der Waals surface area contributed by atoms with Gasteiger partial charge in [-0.15, -0.1) is 0 Å². The molecular formula is C14H14N4O. The van der Waals surface area contributed by atoms with Crippen molar-refractivity contribution < 1.29 is 4.42 Å². The van der Waals surface area contributed by atoms with Crippen LogP contribution in [0, 0.1) is 11.3 Å². The highest BCUT2D eigenvalue weighted by Crippen LogP contribution is 2.22. The van der Waals surface area contributed by atoms with Gasteiger partial charge in [-0.3, -0.25) is 0 Å². The quantitative estimate of drug-likeness (QED) is 0.819. The number of rotatable bonds is 2. The molecule has 2 heterocycles. The lowest BCUT2D eigenvalue weighted by Crippen LogP contribution is -2.46. The van der Waals surface area contributed by atoms with E-state index in [4.69, 9.17) is 9.68 Å². The predicted octanol–water partition coefficient (Wildman–Crippen LogP) is 1.87. The number of hydrogen-bond donors (Lipinski definition) is 0. The monoisotopic (exact) mass is 254 g/mol. The van der Waals surface area contributed by atoms with Crippen LogP contribution in [0.5, 0.6) is 0 Å². The Morgan fingerprint density at radius 1 is 1.05 bits per heavy atom. The van der Waals surface area contributed by atoms with Crippen LogP contribution in [0.3, 0.4) is 0 Å². The highest BCUT2D eigenvalue weighted by molar-refractivity contribution is 5.51. The van der Waals surface area contributed by atoms with E-state index in [1.54, 1.807) is 0 Å². The summed E-state index contributed by atoms with van der Waals surface area (Å²) in [5, 5.41) is 8.96. The molecule has 19 heavy (non-hydrogen) atoms. The van der Waals surface area contributed by atoms with Gasteiger partial charge in [0.15, 0.2) is 6.39 Å². The average Bonchev–Trinajstić information content (AvgIpc) is 2.97. The van der Waals surface area contributed by atoms with E-state index in [1.807, 2.05) is 18.2 Å². The SMILES string of the molecule is N#Cc1ncoc1N1CCN(c2ccccc2)CC1. The molecular weight excluding hydrogens is 240 g/mol. The molecule has 2 aromatic rings.